The van der Waals surface area contributed by atoms with E-state index in [2.05, 4.69) is 33.7 Å². The van der Waals surface area contributed by atoms with Crippen LogP contribution in [-0.4, -0.2) is 99.5 Å². The maximum absolute atomic E-state index is 5.80. The molecule has 2 heterocycles. The fourth-order valence-corrected chi connectivity index (χ4v) is 2.25. The van der Waals surface area contributed by atoms with Gasteiger partial charge in [-0.3, -0.25) is 9.80 Å². The van der Waals surface area contributed by atoms with E-state index in [9.17, 15) is 0 Å². The molecule has 0 aromatic rings. The molecule has 100 valence electrons. The molecule has 0 bridgehead atoms. The monoisotopic (exact) mass is 242 g/mol. The highest BCUT2D eigenvalue weighted by Gasteiger charge is 2.16. The summed E-state index contributed by atoms with van der Waals surface area (Å²) in [7, 11) is 4.37. The van der Waals surface area contributed by atoms with Crippen molar-refractivity contribution in [1.82, 2.24) is 19.6 Å². The molecule has 0 spiro atoms. The number of hydrogen-bond donors (Lipinski definition) is 0. The summed E-state index contributed by atoms with van der Waals surface area (Å²) in [6, 6.07) is 0. The minimum absolute atomic E-state index is 0.792. The lowest BCUT2D eigenvalue weighted by molar-refractivity contribution is -0.0510. The summed E-state index contributed by atoms with van der Waals surface area (Å²) in [4.78, 5) is 9.54. The molecule has 0 saturated carbocycles. The van der Waals surface area contributed by atoms with Gasteiger partial charge in [0.2, 0.25) is 0 Å². The Morgan fingerprint density at radius 2 is 1.00 bits per heavy atom. The van der Waals surface area contributed by atoms with Gasteiger partial charge in [0.05, 0.1) is 0 Å². The lowest BCUT2D eigenvalue weighted by Gasteiger charge is -2.34. The van der Waals surface area contributed by atoms with Crippen LogP contribution in [0.15, 0.2) is 0 Å². The zero-order valence-electron chi connectivity index (χ0n) is 11.3. The minimum Gasteiger partial charge on any atom is -0.351 e. The van der Waals surface area contributed by atoms with E-state index >= 15 is 0 Å². The van der Waals surface area contributed by atoms with Crippen molar-refractivity contribution in [2.45, 2.75) is 0 Å². The lowest BCUT2D eigenvalue weighted by Crippen LogP contribution is -2.47. The molecule has 2 aliphatic heterocycles. The van der Waals surface area contributed by atoms with Crippen LogP contribution >= 0.6 is 0 Å². The number of hydrogen-bond acceptors (Lipinski definition) is 5. The largest absolute Gasteiger partial charge is 0.351 e. The van der Waals surface area contributed by atoms with Crippen molar-refractivity contribution in [2.24, 2.45) is 0 Å². The molecule has 5 heteroatoms. The number of piperazine rings is 2. The van der Waals surface area contributed by atoms with Gasteiger partial charge in [-0.25, -0.2) is 0 Å². The van der Waals surface area contributed by atoms with E-state index in [0.29, 0.717) is 0 Å². The summed E-state index contributed by atoms with van der Waals surface area (Å²) in [5.41, 5.74) is 0. The second-order valence-corrected chi connectivity index (χ2v) is 5.30. The molecule has 0 aromatic carbocycles. The van der Waals surface area contributed by atoms with Crippen molar-refractivity contribution in [3.05, 3.63) is 0 Å². The number of rotatable bonds is 4. The van der Waals surface area contributed by atoms with Gasteiger partial charge in [0.25, 0.3) is 0 Å². The summed E-state index contributed by atoms with van der Waals surface area (Å²) in [6.07, 6.45) is 0. The van der Waals surface area contributed by atoms with Gasteiger partial charge in [0.15, 0.2) is 0 Å². The third-order valence-corrected chi connectivity index (χ3v) is 3.74. The van der Waals surface area contributed by atoms with Crippen molar-refractivity contribution in [3.8, 4) is 0 Å². The van der Waals surface area contributed by atoms with Gasteiger partial charge in [0, 0.05) is 52.4 Å². The average molecular weight is 242 g/mol. The minimum atomic E-state index is 0.792. The standard InChI is InChI=1S/C12H26N4O/c1-13-3-7-15(8-4-13)11-17-12-16-9-5-14(2)6-10-16/h3-12H2,1-2H3. The van der Waals surface area contributed by atoms with Crippen LogP contribution in [0.5, 0.6) is 0 Å². The highest BCUT2D eigenvalue weighted by atomic mass is 16.5. The fraction of sp³-hybridized carbons (Fsp3) is 1.00. The molecule has 0 N–H and O–H groups in total. The van der Waals surface area contributed by atoms with Crippen LogP contribution in [0.25, 0.3) is 0 Å². The van der Waals surface area contributed by atoms with Gasteiger partial charge in [0.1, 0.15) is 13.5 Å². The SMILES string of the molecule is CN1CCN(COCN2CCN(C)CC2)CC1. The summed E-state index contributed by atoms with van der Waals surface area (Å²) < 4.78 is 5.80. The molecule has 2 saturated heterocycles. The number of likely N-dealkylation sites (N-methyl/N-ethyl adjacent to an activating group) is 2. The molecule has 0 unspecified atom stereocenters. The zero-order chi connectivity index (χ0) is 12.1. The maximum Gasteiger partial charge on any atom is 0.101 e. The normalized spacial score (nSPS) is 26.5. The number of ether oxygens (including phenoxy) is 1. The fourth-order valence-electron chi connectivity index (χ4n) is 2.25. The van der Waals surface area contributed by atoms with E-state index in [1.807, 2.05) is 0 Å². The Labute approximate surface area is 105 Å². The Hall–Kier alpha value is -0.200. The van der Waals surface area contributed by atoms with Gasteiger partial charge in [-0.1, -0.05) is 0 Å². The Balaban J connectivity index is 1.54. The van der Waals surface area contributed by atoms with Crippen LogP contribution in [0.4, 0.5) is 0 Å². The van der Waals surface area contributed by atoms with Gasteiger partial charge >= 0.3 is 0 Å². The third kappa shape index (κ3) is 4.52. The first-order valence-electron chi connectivity index (χ1n) is 6.63. The highest BCUT2D eigenvalue weighted by Crippen LogP contribution is 2.01. The quantitative estimate of drug-likeness (QED) is 0.655. The topological polar surface area (TPSA) is 22.2 Å². The lowest BCUT2D eigenvalue weighted by atomic mass is 10.3. The van der Waals surface area contributed by atoms with Crippen LogP contribution in [0.1, 0.15) is 0 Å². The Morgan fingerprint density at radius 3 is 1.35 bits per heavy atom. The summed E-state index contributed by atoms with van der Waals surface area (Å²) in [5, 5.41) is 0. The Kier molecular flexibility index (Phi) is 5.18. The van der Waals surface area contributed by atoms with Crippen LogP contribution in [0.2, 0.25) is 0 Å². The van der Waals surface area contributed by atoms with Crippen LogP contribution in [-0.2, 0) is 4.74 Å². The van der Waals surface area contributed by atoms with Gasteiger partial charge in [-0.05, 0) is 14.1 Å². The van der Waals surface area contributed by atoms with Gasteiger partial charge in [-0.2, -0.15) is 0 Å². The molecular formula is C12H26N4O. The van der Waals surface area contributed by atoms with Crippen molar-refractivity contribution >= 4 is 0 Å². The Bertz CT molecular complexity index is 189. The molecule has 5 nitrogen and oxygen atoms in total. The summed E-state index contributed by atoms with van der Waals surface area (Å²) in [6.45, 7) is 10.8. The first-order valence-corrected chi connectivity index (χ1v) is 6.63. The first-order chi connectivity index (χ1) is 8.24. The van der Waals surface area contributed by atoms with E-state index in [4.69, 9.17) is 4.74 Å². The van der Waals surface area contributed by atoms with Crippen molar-refractivity contribution < 1.29 is 4.74 Å². The first kappa shape index (κ1) is 13.2. The second-order valence-electron chi connectivity index (χ2n) is 5.30. The van der Waals surface area contributed by atoms with Crippen LogP contribution in [0.3, 0.4) is 0 Å². The number of nitrogens with zero attached hydrogens (tertiary/aromatic N) is 4. The van der Waals surface area contributed by atoms with E-state index in [1.54, 1.807) is 0 Å². The van der Waals surface area contributed by atoms with Gasteiger partial charge in [-0.15, -0.1) is 0 Å². The van der Waals surface area contributed by atoms with Crippen LogP contribution in [0, 0.1) is 0 Å². The van der Waals surface area contributed by atoms with Crippen molar-refractivity contribution in [1.29, 1.82) is 0 Å². The average Bonchev–Trinajstić information content (AvgIpc) is 2.34. The van der Waals surface area contributed by atoms with E-state index in [-0.39, 0.29) is 0 Å². The molecule has 0 atom stereocenters. The molecular weight excluding hydrogens is 216 g/mol. The molecule has 0 amide bonds. The van der Waals surface area contributed by atoms with Crippen molar-refractivity contribution in [3.63, 3.8) is 0 Å². The van der Waals surface area contributed by atoms with Gasteiger partial charge < -0.3 is 14.5 Å². The van der Waals surface area contributed by atoms with Crippen LogP contribution < -0.4 is 0 Å². The smallest absolute Gasteiger partial charge is 0.101 e. The maximum atomic E-state index is 5.80. The van der Waals surface area contributed by atoms with E-state index < -0.39 is 0 Å². The van der Waals surface area contributed by atoms with E-state index in [0.717, 1.165) is 65.8 Å². The zero-order valence-corrected chi connectivity index (χ0v) is 11.3. The molecule has 17 heavy (non-hydrogen) atoms. The summed E-state index contributed by atoms with van der Waals surface area (Å²) >= 11 is 0. The molecule has 0 radical (unpaired) electrons. The van der Waals surface area contributed by atoms with Crippen molar-refractivity contribution in [2.75, 3.05) is 79.9 Å². The molecule has 2 rings (SSSR count). The van der Waals surface area contributed by atoms with E-state index in [1.165, 1.54) is 0 Å². The molecule has 2 aliphatic rings. The molecule has 0 aromatic heterocycles. The highest BCUT2D eigenvalue weighted by molar-refractivity contribution is 4.68. The molecule has 2 fully saturated rings. The Morgan fingerprint density at radius 1 is 0.647 bits per heavy atom. The predicted octanol–water partition coefficient (Wildman–Crippen LogP) is -0.587. The summed E-state index contributed by atoms with van der Waals surface area (Å²) in [5.74, 6) is 0. The second kappa shape index (κ2) is 6.66. The predicted molar refractivity (Wildman–Crippen MR) is 69.0 cm³/mol. The molecule has 0 aliphatic carbocycles. The third-order valence-electron chi connectivity index (χ3n) is 3.74.